The molecule has 27 heavy (non-hydrogen) atoms. The van der Waals surface area contributed by atoms with Crippen molar-refractivity contribution in [1.29, 1.82) is 0 Å². The van der Waals surface area contributed by atoms with E-state index in [4.69, 9.17) is 0 Å². The quantitative estimate of drug-likeness (QED) is 0.452. The Balaban J connectivity index is 1.54. The Bertz CT molecular complexity index is 844. The van der Waals surface area contributed by atoms with Gasteiger partial charge in [-0.25, -0.2) is 4.98 Å². The van der Waals surface area contributed by atoms with Crippen molar-refractivity contribution < 1.29 is 4.79 Å². The Morgan fingerprint density at radius 3 is 2.56 bits per heavy atom. The summed E-state index contributed by atoms with van der Waals surface area (Å²) in [4.78, 5) is 16.6. The van der Waals surface area contributed by atoms with Gasteiger partial charge in [0, 0.05) is 29.6 Å². The van der Waals surface area contributed by atoms with Crippen LogP contribution in [-0.2, 0) is 11.3 Å². The van der Waals surface area contributed by atoms with E-state index in [1.807, 2.05) is 47.8 Å². The van der Waals surface area contributed by atoms with Crippen LogP contribution in [0.4, 0.5) is 10.8 Å². The Kier molecular flexibility index (Phi) is 6.99. The fraction of sp³-hybridized carbons (Fsp3) is 0.273. The maximum atomic E-state index is 11.9. The van der Waals surface area contributed by atoms with Gasteiger partial charge in [0.1, 0.15) is 0 Å². The van der Waals surface area contributed by atoms with E-state index >= 15 is 0 Å². The molecule has 2 aromatic carbocycles. The smallest absolute Gasteiger partial charge is 0.224 e. The third-order valence-corrected chi connectivity index (χ3v) is 5.06. The van der Waals surface area contributed by atoms with Crippen molar-refractivity contribution in [1.82, 2.24) is 4.98 Å². The average molecular weight is 380 g/mol. The second-order valence-electron chi connectivity index (χ2n) is 6.46. The van der Waals surface area contributed by atoms with E-state index in [9.17, 15) is 4.79 Å². The molecule has 0 aliphatic heterocycles. The maximum Gasteiger partial charge on any atom is 0.224 e. The number of aromatic nitrogens is 1. The van der Waals surface area contributed by atoms with E-state index in [2.05, 4.69) is 34.7 Å². The number of anilines is 2. The molecule has 0 saturated heterocycles. The van der Waals surface area contributed by atoms with Gasteiger partial charge in [0.15, 0.2) is 5.13 Å². The van der Waals surface area contributed by atoms with Crippen molar-refractivity contribution in [3.05, 3.63) is 65.5 Å². The number of hydrogen-bond acceptors (Lipinski definition) is 4. The number of nitrogens with zero attached hydrogens (tertiary/aromatic N) is 1. The molecular formula is C22H25N3OS. The summed E-state index contributed by atoms with van der Waals surface area (Å²) in [5.74, 6) is 0.0808. The Morgan fingerprint density at radius 1 is 1.04 bits per heavy atom. The molecule has 0 fully saturated rings. The van der Waals surface area contributed by atoms with Gasteiger partial charge in [-0.15, -0.1) is 11.3 Å². The van der Waals surface area contributed by atoms with E-state index in [1.54, 1.807) is 11.3 Å². The van der Waals surface area contributed by atoms with Gasteiger partial charge in [-0.05, 0) is 24.1 Å². The second kappa shape index (κ2) is 9.88. The van der Waals surface area contributed by atoms with Gasteiger partial charge in [-0.3, -0.25) is 4.79 Å². The number of hydrogen-bond donors (Lipinski definition) is 2. The zero-order chi connectivity index (χ0) is 18.9. The number of carbonyl (C=O) groups is 1. The highest BCUT2D eigenvalue weighted by molar-refractivity contribution is 7.14. The number of nitrogens with one attached hydrogen (secondary N) is 2. The number of carbonyl (C=O) groups excluding carboxylic acids is 1. The highest BCUT2D eigenvalue weighted by Gasteiger charge is 2.06. The number of thiazole rings is 1. The summed E-state index contributed by atoms with van der Waals surface area (Å²) < 4.78 is 0. The predicted molar refractivity (Wildman–Crippen MR) is 114 cm³/mol. The molecule has 0 aliphatic rings. The summed E-state index contributed by atoms with van der Waals surface area (Å²) in [6.07, 6.45) is 3.74. The van der Waals surface area contributed by atoms with Crippen LogP contribution in [0.5, 0.6) is 0 Å². The van der Waals surface area contributed by atoms with Crippen LogP contribution in [0.25, 0.3) is 11.3 Å². The van der Waals surface area contributed by atoms with Crippen molar-refractivity contribution in [2.45, 2.75) is 39.2 Å². The normalized spacial score (nSPS) is 10.6. The molecule has 0 spiro atoms. The molecule has 3 rings (SSSR count). The molecule has 0 atom stereocenters. The third-order valence-electron chi connectivity index (χ3n) is 4.26. The molecule has 1 amide bonds. The van der Waals surface area contributed by atoms with Crippen molar-refractivity contribution in [2.75, 3.05) is 10.6 Å². The van der Waals surface area contributed by atoms with Crippen LogP contribution >= 0.6 is 11.3 Å². The first-order valence-corrected chi connectivity index (χ1v) is 10.3. The second-order valence-corrected chi connectivity index (χ2v) is 7.32. The lowest BCUT2D eigenvalue weighted by Gasteiger charge is -2.06. The molecule has 0 saturated carbocycles. The van der Waals surface area contributed by atoms with Crippen LogP contribution < -0.4 is 10.6 Å². The van der Waals surface area contributed by atoms with Crippen LogP contribution in [-0.4, -0.2) is 10.9 Å². The molecule has 1 heterocycles. The van der Waals surface area contributed by atoms with Gasteiger partial charge in [-0.2, -0.15) is 0 Å². The number of amides is 1. The van der Waals surface area contributed by atoms with E-state index in [1.165, 1.54) is 5.56 Å². The van der Waals surface area contributed by atoms with Crippen molar-refractivity contribution in [2.24, 2.45) is 0 Å². The van der Waals surface area contributed by atoms with Gasteiger partial charge >= 0.3 is 0 Å². The standard InChI is InChI=1S/C22H25N3OS/c1-2-3-5-10-21(26)24-19-13-11-18(12-14-19)20-16-27-22(25-20)23-15-17-8-6-4-7-9-17/h4,6-9,11-14,16H,2-3,5,10,15H2,1H3,(H,23,25)(H,24,26). The summed E-state index contributed by atoms with van der Waals surface area (Å²) in [7, 11) is 0. The van der Waals surface area contributed by atoms with Crippen LogP contribution in [0.1, 0.15) is 38.2 Å². The molecular weight excluding hydrogens is 354 g/mol. The summed E-state index contributed by atoms with van der Waals surface area (Å²) in [6, 6.07) is 18.1. The summed E-state index contributed by atoms with van der Waals surface area (Å²) in [5.41, 5.74) is 4.05. The fourth-order valence-corrected chi connectivity index (χ4v) is 3.46. The summed E-state index contributed by atoms with van der Waals surface area (Å²) in [6.45, 7) is 2.90. The Morgan fingerprint density at radius 2 is 1.81 bits per heavy atom. The van der Waals surface area contributed by atoms with Gasteiger partial charge in [0.2, 0.25) is 5.91 Å². The van der Waals surface area contributed by atoms with Crippen molar-refractivity contribution in [3.63, 3.8) is 0 Å². The van der Waals surface area contributed by atoms with E-state index in [0.717, 1.165) is 47.9 Å². The predicted octanol–water partition coefficient (Wildman–Crippen LogP) is 5.94. The SMILES string of the molecule is CCCCCC(=O)Nc1ccc(-c2csc(NCc3ccccc3)n2)cc1. The fourth-order valence-electron chi connectivity index (χ4n) is 2.74. The average Bonchev–Trinajstić information content (AvgIpc) is 3.17. The van der Waals surface area contributed by atoms with E-state index in [0.29, 0.717) is 6.42 Å². The molecule has 0 aliphatic carbocycles. The van der Waals surface area contributed by atoms with Crippen LogP contribution in [0, 0.1) is 0 Å². The van der Waals surface area contributed by atoms with Crippen LogP contribution in [0.15, 0.2) is 60.0 Å². The largest absolute Gasteiger partial charge is 0.357 e. The molecule has 4 nitrogen and oxygen atoms in total. The van der Waals surface area contributed by atoms with Crippen LogP contribution in [0.2, 0.25) is 0 Å². The minimum absolute atomic E-state index is 0.0808. The first kappa shape index (κ1) is 19.1. The molecule has 3 aromatic rings. The van der Waals surface area contributed by atoms with Gasteiger partial charge < -0.3 is 10.6 Å². The lowest BCUT2D eigenvalue weighted by Crippen LogP contribution is -2.10. The molecule has 1 aromatic heterocycles. The van der Waals surface area contributed by atoms with Crippen molar-refractivity contribution >= 4 is 28.1 Å². The topological polar surface area (TPSA) is 54.0 Å². The van der Waals surface area contributed by atoms with Gasteiger partial charge in [-0.1, -0.05) is 62.2 Å². The molecule has 0 radical (unpaired) electrons. The summed E-state index contributed by atoms with van der Waals surface area (Å²) >= 11 is 1.60. The molecule has 2 N–H and O–H groups in total. The highest BCUT2D eigenvalue weighted by atomic mass is 32.1. The third kappa shape index (κ3) is 5.93. The van der Waals surface area contributed by atoms with Crippen LogP contribution in [0.3, 0.4) is 0 Å². The molecule has 0 unspecified atom stereocenters. The first-order valence-electron chi connectivity index (χ1n) is 9.38. The minimum Gasteiger partial charge on any atom is -0.357 e. The molecule has 0 bridgehead atoms. The lowest BCUT2D eigenvalue weighted by molar-refractivity contribution is -0.116. The van der Waals surface area contributed by atoms with E-state index in [-0.39, 0.29) is 5.91 Å². The zero-order valence-corrected chi connectivity index (χ0v) is 16.4. The van der Waals surface area contributed by atoms with Gasteiger partial charge in [0.25, 0.3) is 0 Å². The van der Waals surface area contributed by atoms with E-state index < -0.39 is 0 Å². The maximum absolute atomic E-state index is 11.9. The molecule has 140 valence electrons. The number of unbranched alkanes of at least 4 members (excludes halogenated alkanes) is 2. The van der Waals surface area contributed by atoms with Gasteiger partial charge in [0.05, 0.1) is 5.69 Å². The monoisotopic (exact) mass is 379 g/mol. The zero-order valence-electron chi connectivity index (χ0n) is 15.6. The minimum atomic E-state index is 0.0808. The first-order chi connectivity index (χ1) is 13.2. The van der Waals surface area contributed by atoms with Crippen molar-refractivity contribution in [3.8, 4) is 11.3 Å². The number of benzene rings is 2. The summed E-state index contributed by atoms with van der Waals surface area (Å²) in [5, 5.41) is 9.27. The highest BCUT2D eigenvalue weighted by Crippen LogP contribution is 2.26. The number of rotatable bonds is 9. The lowest BCUT2D eigenvalue weighted by atomic mass is 10.1. The Labute approximate surface area is 164 Å². The molecule has 5 heteroatoms. The Hall–Kier alpha value is -2.66.